The predicted molar refractivity (Wildman–Crippen MR) is 81.2 cm³/mol. The van der Waals surface area contributed by atoms with Crippen LogP contribution in [0.25, 0.3) is 0 Å². The second-order valence-electron chi connectivity index (χ2n) is 5.00. The van der Waals surface area contributed by atoms with Crippen molar-refractivity contribution in [2.75, 3.05) is 20.3 Å². The first kappa shape index (κ1) is 16.2. The largest absolute Gasteiger partial charge is 0.383 e. The molecule has 108 valence electrons. The second kappa shape index (κ2) is 9.96. The zero-order valence-electron chi connectivity index (χ0n) is 12.3. The number of methoxy groups -OCH3 is 1. The number of nitrogens with one attached hydrogen (secondary N) is 1. The molecule has 0 heterocycles. The van der Waals surface area contributed by atoms with Crippen LogP contribution >= 0.6 is 0 Å². The molecule has 0 fully saturated rings. The first-order valence-corrected chi connectivity index (χ1v) is 7.31. The van der Waals surface area contributed by atoms with Gasteiger partial charge in [-0.1, -0.05) is 43.7 Å². The van der Waals surface area contributed by atoms with E-state index in [2.05, 4.69) is 42.6 Å². The summed E-state index contributed by atoms with van der Waals surface area (Å²) in [6.07, 6.45) is 4.42. The molecule has 3 N–H and O–H groups in total. The first-order valence-electron chi connectivity index (χ1n) is 7.31. The van der Waals surface area contributed by atoms with Crippen molar-refractivity contribution in [3.8, 4) is 0 Å². The molecule has 1 aromatic carbocycles. The Hall–Kier alpha value is -0.900. The van der Waals surface area contributed by atoms with Crippen molar-refractivity contribution >= 4 is 0 Å². The Morgan fingerprint density at radius 1 is 1.21 bits per heavy atom. The first-order chi connectivity index (χ1) is 9.31. The Kier molecular flexibility index (Phi) is 8.47. The number of ether oxygens (including phenoxy) is 1. The maximum atomic E-state index is 5.60. The average Bonchev–Trinajstić information content (AvgIpc) is 2.45. The van der Waals surface area contributed by atoms with Crippen LogP contribution in [0, 0.1) is 0 Å². The molecule has 2 atom stereocenters. The molecule has 0 spiro atoms. The van der Waals surface area contributed by atoms with Crippen LogP contribution < -0.4 is 11.1 Å². The molecule has 1 aromatic rings. The molecule has 0 saturated carbocycles. The average molecular weight is 264 g/mol. The maximum Gasteiger partial charge on any atom is 0.0616 e. The van der Waals surface area contributed by atoms with Gasteiger partial charge in [-0.25, -0.2) is 0 Å². The predicted octanol–water partition coefficient (Wildman–Crippen LogP) is 2.87. The van der Waals surface area contributed by atoms with E-state index in [9.17, 15) is 0 Å². The van der Waals surface area contributed by atoms with Gasteiger partial charge in [0.25, 0.3) is 0 Å². The van der Waals surface area contributed by atoms with Gasteiger partial charge in [-0.2, -0.15) is 0 Å². The molecule has 0 aliphatic rings. The van der Waals surface area contributed by atoms with E-state index in [1.807, 2.05) is 0 Å². The number of rotatable bonds is 10. The Balaban J connectivity index is 2.64. The normalized spacial score (nSPS) is 14.3. The Bertz CT molecular complexity index is 316. The van der Waals surface area contributed by atoms with Gasteiger partial charge in [0.2, 0.25) is 0 Å². The fraction of sp³-hybridized carbons (Fsp3) is 0.625. The van der Waals surface area contributed by atoms with E-state index in [1.165, 1.54) is 12.0 Å². The quantitative estimate of drug-likeness (QED) is 0.683. The lowest BCUT2D eigenvalue weighted by Crippen LogP contribution is -2.36. The molecular formula is C16H28N2O. The zero-order chi connectivity index (χ0) is 13.9. The third kappa shape index (κ3) is 6.19. The van der Waals surface area contributed by atoms with E-state index in [4.69, 9.17) is 10.5 Å². The van der Waals surface area contributed by atoms with E-state index in [1.54, 1.807) is 7.11 Å². The van der Waals surface area contributed by atoms with Crippen LogP contribution in [-0.4, -0.2) is 26.3 Å². The Morgan fingerprint density at radius 2 is 1.95 bits per heavy atom. The van der Waals surface area contributed by atoms with Crippen molar-refractivity contribution in [2.45, 2.75) is 44.7 Å². The fourth-order valence-corrected chi connectivity index (χ4v) is 2.38. The summed E-state index contributed by atoms with van der Waals surface area (Å²) in [5, 5.41) is 3.73. The van der Waals surface area contributed by atoms with Gasteiger partial charge >= 0.3 is 0 Å². The van der Waals surface area contributed by atoms with Crippen molar-refractivity contribution in [1.29, 1.82) is 0 Å². The van der Waals surface area contributed by atoms with E-state index in [0.29, 0.717) is 12.1 Å². The van der Waals surface area contributed by atoms with E-state index >= 15 is 0 Å². The summed E-state index contributed by atoms with van der Waals surface area (Å²) >= 11 is 0. The Labute approximate surface area is 117 Å². The van der Waals surface area contributed by atoms with Gasteiger partial charge in [0, 0.05) is 19.2 Å². The second-order valence-corrected chi connectivity index (χ2v) is 5.00. The summed E-state index contributed by atoms with van der Waals surface area (Å²) in [6, 6.07) is 11.4. The number of benzene rings is 1. The summed E-state index contributed by atoms with van der Waals surface area (Å²) in [7, 11) is 1.76. The monoisotopic (exact) mass is 264 g/mol. The fourth-order valence-electron chi connectivity index (χ4n) is 2.38. The van der Waals surface area contributed by atoms with Crippen molar-refractivity contribution < 1.29 is 4.74 Å². The minimum atomic E-state index is 0.380. The van der Waals surface area contributed by atoms with Gasteiger partial charge < -0.3 is 15.8 Å². The summed E-state index contributed by atoms with van der Waals surface area (Å²) in [6.45, 7) is 3.71. The van der Waals surface area contributed by atoms with Crippen LogP contribution in [-0.2, 0) is 4.74 Å². The zero-order valence-corrected chi connectivity index (χ0v) is 12.3. The van der Waals surface area contributed by atoms with Gasteiger partial charge in [-0.15, -0.1) is 0 Å². The molecule has 0 bridgehead atoms. The number of hydrogen-bond donors (Lipinski definition) is 2. The van der Waals surface area contributed by atoms with Gasteiger partial charge in [0.05, 0.1) is 6.61 Å². The molecule has 0 aliphatic heterocycles. The minimum Gasteiger partial charge on any atom is -0.383 e. The summed E-state index contributed by atoms with van der Waals surface area (Å²) in [5.41, 5.74) is 6.96. The van der Waals surface area contributed by atoms with Crippen LogP contribution in [0.1, 0.15) is 44.2 Å². The van der Waals surface area contributed by atoms with Crippen molar-refractivity contribution in [1.82, 2.24) is 5.32 Å². The number of nitrogens with two attached hydrogens (primary N) is 1. The molecule has 19 heavy (non-hydrogen) atoms. The molecule has 0 radical (unpaired) electrons. The highest BCUT2D eigenvalue weighted by Crippen LogP contribution is 2.19. The van der Waals surface area contributed by atoms with Crippen molar-refractivity contribution in [3.63, 3.8) is 0 Å². The van der Waals surface area contributed by atoms with Crippen molar-refractivity contribution in [3.05, 3.63) is 35.9 Å². The highest BCUT2D eigenvalue weighted by molar-refractivity contribution is 5.19. The molecule has 0 saturated heterocycles. The van der Waals surface area contributed by atoms with Gasteiger partial charge in [-0.05, 0) is 31.4 Å². The topological polar surface area (TPSA) is 47.3 Å². The van der Waals surface area contributed by atoms with Gasteiger partial charge in [-0.3, -0.25) is 0 Å². The van der Waals surface area contributed by atoms with Crippen molar-refractivity contribution in [2.24, 2.45) is 5.73 Å². The maximum absolute atomic E-state index is 5.60. The standard InChI is InChI=1S/C16H28N2O/c1-3-8-16(14-9-5-4-6-10-14)18-15(13-19-2)11-7-12-17/h4-6,9-10,15-16,18H,3,7-8,11-13,17H2,1-2H3. The molecule has 1 rings (SSSR count). The summed E-state index contributed by atoms with van der Waals surface area (Å²) in [4.78, 5) is 0. The molecule has 3 nitrogen and oxygen atoms in total. The summed E-state index contributed by atoms with van der Waals surface area (Å²) < 4.78 is 5.31. The highest BCUT2D eigenvalue weighted by atomic mass is 16.5. The summed E-state index contributed by atoms with van der Waals surface area (Å²) in [5.74, 6) is 0. The smallest absolute Gasteiger partial charge is 0.0616 e. The van der Waals surface area contributed by atoms with Gasteiger partial charge in [0.1, 0.15) is 0 Å². The minimum absolute atomic E-state index is 0.380. The third-order valence-corrected chi connectivity index (χ3v) is 3.34. The van der Waals surface area contributed by atoms with E-state index in [0.717, 1.165) is 32.4 Å². The molecule has 0 amide bonds. The van der Waals surface area contributed by atoms with Crippen LogP contribution in [0.15, 0.2) is 30.3 Å². The van der Waals surface area contributed by atoms with Crippen LogP contribution in [0.3, 0.4) is 0 Å². The van der Waals surface area contributed by atoms with E-state index < -0.39 is 0 Å². The lowest BCUT2D eigenvalue weighted by molar-refractivity contribution is 0.154. The molecule has 0 aliphatic carbocycles. The Morgan fingerprint density at radius 3 is 2.53 bits per heavy atom. The SMILES string of the molecule is CCCC(NC(CCCN)COC)c1ccccc1. The third-order valence-electron chi connectivity index (χ3n) is 3.34. The number of hydrogen-bond acceptors (Lipinski definition) is 3. The lowest BCUT2D eigenvalue weighted by atomic mass is 10.0. The van der Waals surface area contributed by atoms with Crippen LogP contribution in [0.2, 0.25) is 0 Å². The van der Waals surface area contributed by atoms with E-state index in [-0.39, 0.29) is 0 Å². The van der Waals surface area contributed by atoms with Crippen LogP contribution in [0.5, 0.6) is 0 Å². The molecule has 0 aromatic heterocycles. The lowest BCUT2D eigenvalue weighted by Gasteiger charge is -2.25. The van der Waals surface area contributed by atoms with Gasteiger partial charge in [0.15, 0.2) is 0 Å². The van der Waals surface area contributed by atoms with Crippen LogP contribution in [0.4, 0.5) is 0 Å². The molecule has 3 heteroatoms. The highest BCUT2D eigenvalue weighted by Gasteiger charge is 2.15. The molecular weight excluding hydrogens is 236 g/mol. The molecule has 2 unspecified atom stereocenters.